The van der Waals surface area contributed by atoms with Crippen LogP contribution in [0.1, 0.15) is 12.8 Å². The minimum Gasteiger partial charge on any atom is -0.309 e. The normalized spacial score (nSPS) is 11.9. The lowest BCUT2D eigenvalue weighted by Gasteiger charge is -2.21. The van der Waals surface area contributed by atoms with Crippen LogP contribution in [-0.4, -0.2) is 57.1 Å². The minimum absolute atomic E-state index is 0.0104. The second-order valence-electron chi connectivity index (χ2n) is 7.31. The number of aromatic nitrogens is 1. The fraction of sp³-hybridized carbons (Fsp3) is 0.333. The van der Waals surface area contributed by atoms with Crippen LogP contribution in [-0.2, 0) is 14.6 Å². The van der Waals surface area contributed by atoms with Gasteiger partial charge in [0, 0.05) is 19.0 Å². The van der Waals surface area contributed by atoms with E-state index in [1.54, 1.807) is 18.2 Å². The predicted molar refractivity (Wildman–Crippen MR) is 118 cm³/mol. The van der Waals surface area contributed by atoms with Crippen LogP contribution < -0.4 is 4.90 Å². The molecule has 0 bridgehead atoms. The molecular weight excluding hydrogens is 444 g/mol. The average molecular weight is 468 g/mol. The van der Waals surface area contributed by atoms with Crippen molar-refractivity contribution in [1.82, 2.24) is 9.88 Å². The van der Waals surface area contributed by atoms with E-state index in [0.717, 1.165) is 17.4 Å². The second kappa shape index (κ2) is 9.80. The Morgan fingerprint density at radius 2 is 1.81 bits per heavy atom. The van der Waals surface area contributed by atoms with Crippen molar-refractivity contribution in [2.45, 2.75) is 17.7 Å². The van der Waals surface area contributed by atoms with E-state index < -0.39 is 27.4 Å². The third-order valence-electron chi connectivity index (χ3n) is 4.61. The summed E-state index contributed by atoms with van der Waals surface area (Å²) in [6, 6.07) is 9.84. The number of rotatable bonds is 9. The zero-order valence-electron chi connectivity index (χ0n) is 17.2. The molecule has 0 N–H and O–H groups in total. The van der Waals surface area contributed by atoms with Crippen LogP contribution in [0.4, 0.5) is 13.9 Å². The Hall–Kier alpha value is -2.43. The molecule has 3 rings (SSSR count). The van der Waals surface area contributed by atoms with Gasteiger partial charge < -0.3 is 4.90 Å². The third-order valence-corrected chi connectivity index (χ3v) is 7.37. The summed E-state index contributed by atoms with van der Waals surface area (Å²) < 4.78 is 53.0. The van der Waals surface area contributed by atoms with Gasteiger partial charge in [-0.1, -0.05) is 29.5 Å². The van der Waals surface area contributed by atoms with E-state index in [1.807, 2.05) is 19.0 Å². The van der Waals surface area contributed by atoms with Gasteiger partial charge in [0.05, 0.1) is 15.3 Å². The smallest absolute Gasteiger partial charge is 0.229 e. The molecule has 31 heavy (non-hydrogen) atoms. The maximum absolute atomic E-state index is 14.1. The summed E-state index contributed by atoms with van der Waals surface area (Å²) in [5.74, 6) is -2.31. The summed E-state index contributed by atoms with van der Waals surface area (Å²) in [5, 5.41) is 0.223. The van der Waals surface area contributed by atoms with Gasteiger partial charge in [-0.05, 0) is 45.3 Å². The Morgan fingerprint density at radius 3 is 2.48 bits per heavy atom. The summed E-state index contributed by atoms with van der Waals surface area (Å²) in [6.07, 6.45) is 0.364. The van der Waals surface area contributed by atoms with Gasteiger partial charge in [0.2, 0.25) is 5.91 Å². The van der Waals surface area contributed by atoms with Gasteiger partial charge in [-0.15, -0.1) is 0 Å². The van der Waals surface area contributed by atoms with E-state index in [1.165, 1.54) is 23.1 Å². The van der Waals surface area contributed by atoms with Crippen molar-refractivity contribution in [1.29, 1.82) is 0 Å². The van der Waals surface area contributed by atoms with Gasteiger partial charge in [-0.3, -0.25) is 9.69 Å². The lowest BCUT2D eigenvalue weighted by Crippen LogP contribution is -2.34. The molecule has 0 unspecified atom stereocenters. The van der Waals surface area contributed by atoms with Crippen molar-refractivity contribution in [3.63, 3.8) is 0 Å². The Labute approximate surface area is 184 Å². The van der Waals surface area contributed by atoms with Crippen molar-refractivity contribution in [3.8, 4) is 0 Å². The molecule has 1 amide bonds. The van der Waals surface area contributed by atoms with Crippen molar-refractivity contribution in [2.75, 3.05) is 37.8 Å². The molecule has 0 atom stereocenters. The molecule has 1 aromatic heterocycles. The Kier molecular flexibility index (Phi) is 7.34. The molecule has 6 nitrogen and oxygen atoms in total. The first-order valence-corrected chi connectivity index (χ1v) is 12.1. The molecule has 3 aromatic rings. The van der Waals surface area contributed by atoms with Crippen LogP contribution in [0.5, 0.6) is 0 Å². The number of fused-ring (bicyclic) bond motifs is 1. The number of hydrogen-bond acceptors (Lipinski definition) is 6. The summed E-state index contributed by atoms with van der Waals surface area (Å²) in [4.78, 5) is 20.6. The molecule has 0 spiro atoms. The van der Waals surface area contributed by atoms with Gasteiger partial charge in [0.1, 0.15) is 11.3 Å². The fourth-order valence-electron chi connectivity index (χ4n) is 3.04. The molecule has 0 aliphatic heterocycles. The van der Waals surface area contributed by atoms with Crippen LogP contribution >= 0.6 is 11.3 Å². The van der Waals surface area contributed by atoms with Crippen molar-refractivity contribution < 1.29 is 22.0 Å². The predicted octanol–water partition coefficient (Wildman–Crippen LogP) is 3.72. The molecule has 2 aromatic carbocycles. The molecule has 0 aliphatic rings. The SMILES string of the molecule is CN(C)CCCN(C(=O)CCS(=O)(=O)c1ccccc1)c1nc2c(F)cc(F)cc2s1. The maximum Gasteiger partial charge on any atom is 0.229 e. The number of nitrogens with zero attached hydrogens (tertiary/aromatic N) is 3. The average Bonchev–Trinajstić information content (AvgIpc) is 3.14. The molecule has 166 valence electrons. The van der Waals surface area contributed by atoms with Crippen LogP contribution in [0, 0.1) is 11.6 Å². The topological polar surface area (TPSA) is 70.6 Å². The quantitative estimate of drug-likeness (QED) is 0.480. The zero-order valence-corrected chi connectivity index (χ0v) is 18.8. The first-order chi connectivity index (χ1) is 14.7. The molecule has 0 fully saturated rings. The Balaban J connectivity index is 1.83. The van der Waals surface area contributed by atoms with Gasteiger partial charge in [0.25, 0.3) is 0 Å². The first kappa shape index (κ1) is 23.2. The number of sulfone groups is 1. The molecule has 0 saturated carbocycles. The Bertz CT molecular complexity index is 1170. The molecule has 0 aliphatic carbocycles. The van der Waals surface area contributed by atoms with Crippen LogP contribution in [0.3, 0.4) is 0 Å². The minimum atomic E-state index is -3.62. The molecule has 0 radical (unpaired) electrons. The van der Waals surface area contributed by atoms with E-state index in [0.29, 0.717) is 13.0 Å². The summed E-state index contributed by atoms with van der Waals surface area (Å²) in [7, 11) is 0.170. The van der Waals surface area contributed by atoms with Crippen molar-refractivity contribution in [3.05, 3.63) is 54.1 Å². The van der Waals surface area contributed by atoms with Crippen molar-refractivity contribution >= 4 is 42.4 Å². The number of hydrogen-bond donors (Lipinski definition) is 0. The lowest BCUT2D eigenvalue weighted by molar-refractivity contribution is -0.118. The largest absolute Gasteiger partial charge is 0.309 e. The second-order valence-corrected chi connectivity index (χ2v) is 10.4. The maximum atomic E-state index is 14.1. The third kappa shape index (κ3) is 5.84. The van der Waals surface area contributed by atoms with E-state index in [-0.39, 0.29) is 39.0 Å². The van der Waals surface area contributed by atoms with E-state index in [2.05, 4.69) is 4.98 Å². The highest BCUT2D eigenvalue weighted by Crippen LogP contribution is 2.31. The summed E-state index contributed by atoms with van der Waals surface area (Å²) >= 11 is 1.00. The number of anilines is 1. The number of carbonyl (C=O) groups excluding carboxylic acids is 1. The highest BCUT2D eigenvalue weighted by molar-refractivity contribution is 7.91. The van der Waals surface area contributed by atoms with Gasteiger partial charge in [0.15, 0.2) is 20.8 Å². The van der Waals surface area contributed by atoms with Crippen LogP contribution in [0.2, 0.25) is 0 Å². The molecule has 0 saturated heterocycles. The number of carbonyl (C=O) groups is 1. The highest BCUT2D eigenvalue weighted by atomic mass is 32.2. The van der Waals surface area contributed by atoms with Crippen molar-refractivity contribution in [2.24, 2.45) is 0 Å². The van der Waals surface area contributed by atoms with Gasteiger partial charge in [-0.2, -0.15) is 0 Å². The molecule has 1 heterocycles. The standard InChI is InChI=1S/C21H23F2N3O3S2/c1-25(2)10-6-11-26(21-24-20-17(23)13-15(22)14-18(20)30-21)19(27)9-12-31(28,29)16-7-4-3-5-8-16/h3-5,7-8,13-14H,6,9-12H2,1-2H3. The number of amides is 1. The lowest BCUT2D eigenvalue weighted by atomic mass is 10.3. The van der Waals surface area contributed by atoms with Crippen LogP contribution in [0.15, 0.2) is 47.4 Å². The fourth-order valence-corrected chi connectivity index (χ4v) is 5.33. The number of halogens is 2. The number of thiazole rings is 1. The summed E-state index contributed by atoms with van der Waals surface area (Å²) in [6.45, 7) is 0.978. The van der Waals surface area contributed by atoms with E-state index in [9.17, 15) is 22.0 Å². The van der Waals surface area contributed by atoms with Crippen LogP contribution in [0.25, 0.3) is 10.2 Å². The highest BCUT2D eigenvalue weighted by Gasteiger charge is 2.24. The molecule has 10 heteroatoms. The summed E-state index contributed by atoms with van der Waals surface area (Å²) in [5.41, 5.74) is -0.0104. The molecular formula is C21H23F2N3O3S2. The van der Waals surface area contributed by atoms with E-state index >= 15 is 0 Å². The number of benzene rings is 2. The monoisotopic (exact) mass is 467 g/mol. The van der Waals surface area contributed by atoms with Gasteiger partial charge >= 0.3 is 0 Å². The Morgan fingerprint density at radius 1 is 1.10 bits per heavy atom. The zero-order chi connectivity index (χ0) is 22.6. The van der Waals surface area contributed by atoms with E-state index in [4.69, 9.17) is 0 Å². The van der Waals surface area contributed by atoms with Gasteiger partial charge in [-0.25, -0.2) is 22.2 Å². The first-order valence-electron chi connectivity index (χ1n) is 9.66.